The quantitative estimate of drug-likeness (QED) is 0.916. The summed E-state index contributed by atoms with van der Waals surface area (Å²) < 4.78 is 0. The van der Waals surface area contributed by atoms with Gasteiger partial charge in [-0.05, 0) is 37.1 Å². The summed E-state index contributed by atoms with van der Waals surface area (Å²) in [4.78, 5) is 30.1. The minimum absolute atomic E-state index is 0.0257. The second kappa shape index (κ2) is 7.87. The molecule has 0 aliphatic carbocycles. The van der Waals surface area contributed by atoms with E-state index in [1.807, 2.05) is 29.2 Å². The van der Waals surface area contributed by atoms with Crippen LogP contribution in [0.4, 0.5) is 10.5 Å². The Labute approximate surface area is 149 Å². The molecule has 2 aliphatic heterocycles. The van der Waals surface area contributed by atoms with Gasteiger partial charge in [0.1, 0.15) is 0 Å². The van der Waals surface area contributed by atoms with Crippen molar-refractivity contribution in [1.82, 2.24) is 14.7 Å². The van der Waals surface area contributed by atoms with Crippen LogP contribution in [0.5, 0.6) is 0 Å². The minimum Gasteiger partial charge on any atom is -0.342 e. The average Bonchev–Trinajstić information content (AvgIpc) is 2.61. The standard InChI is InChI=1S/C19H28N4O2/c1-15(24)21(2)13-16-6-5-7-17(12-16)20-19(25)23-11-10-22-9-4-3-8-18(22)14-23/h5-7,12,18H,3-4,8-11,13-14H2,1-2H3,(H,20,25)/t18-/m1/s1. The number of nitrogens with one attached hydrogen (secondary N) is 1. The number of benzene rings is 1. The van der Waals surface area contributed by atoms with Crippen LogP contribution < -0.4 is 5.32 Å². The molecular formula is C19H28N4O2. The van der Waals surface area contributed by atoms with Crippen molar-refractivity contribution in [3.63, 3.8) is 0 Å². The highest BCUT2D eigenvalue weighted by Crippen LogP contribution is 2.22. The molecule has 1 aromatic rings. The molecule has 3 rings (SSSR count). The number of piperazine rings is 1. The molecule has 0 aromatic heterocycles. The number of rotatable bonds is 3. The Balaban J connectivity index is 1.58. The SMILES string of the molecule is CC(=O)N(C)Cc1cccc(NC(=O)N2CCN3CCCC[C@@H]3C2)c1. The van der Waals surface area contributed by atoms with Crippen molar-refractivity contribution in [2.24, 2.45) is 0 Å². The lowest BCUT2D eigenvalue weighted by Gasteiger charge is -2.43. The van der Waals surface area contributed by atoms with Gasteiger partial charge in [-0.25, -0.2) is 4.79 Å². The number of carbonyl (C=O) groups is 2. The molecule has 2 fully saturated rings. The summed E-state index contributed by atoms with van der Waals surface area (Å²) in [6.07, 6.45) is 3.74. The van der Waals surface area contributed by atoms with E-state index in [9.17, 15) is 9.59 Å². The number of amides is 3. The first-order valence-corrected chi connectivity index (χ1v) is 9.13. The Bertz CT molecular complexity index is 634. The molecule has 2 aliphatic rings. The van der Waals surface area contributed by atoms with Crippen molar-refractivity contribution in [3.05, 3.63) is 29.8 Å². The van der Waals surface area contributed by atoms with Gasteiger partial charge in [0.25, 0.3) is 0 Å². The van der Waals surface area contributed by atoms with E-state index < -0.39 is 0 Å². The lowest BCUT2D eigenvalue weighted by Crippen LogP contribution is -2.56. The second-order valence-electron chi connectivity index (χ2n) is 7.14. The normalized spacial score (nSPS) is 20.7. The van der Waals surface area contributed by atoms with Gasteiger partial charge in [-0.2, -0.15) is 0 Å². The van der Waals surface area contributed by atoms with E-state index in [1.54, 1.807) is 18.9 Å². The van der Waals surface area contributed by atoms with Crippen molar-refractivity contribution in [3.8, 4) is 0 Å². The molecule has 0 saturated carbocycles. The van der Waals surface area contributed by atoms with Crippen molar-refractivity contribution in [2.45, 2.75) is 38.8 Å². The topological polar surface area (TPSA) is 55.9 Å². The third kappa shape index (κ3) is 4.51. The van der Waals surface area contributed by atoms with E-state index in [0.717, 1.165) is 30.9 Å². The monoisotopic (exact) mass is 344 g/mol. The Morgan fingerprint density at radius 2 is 2.08 bits per heavy atom. The predicted molar refractivity (Wildman–Crippen MR) is 98.4 cm³/mol. The Hall–Kier alpha value is -2.08. The first-order valence-electron chi connectivity index (χ1n) is 9.13. The molecule has 25 heavy (non-hydrogen) atoms. The first-order chi connectivity index (χ1) is 12.0. The van der Waals surface area contributed by atoms with Gasteiger partial charge in [0.2, 0.25) is 5.91 Å². The zero-order chi connectivity index (χ0) is 17.8. The number of carbonyl (C=O) groups excluding carboxylic acids is 2. The summed E-state index contributed by atoms with van der Waals surface area (Å²) in [6, 6.07) is 8.21. The van der Waals surface area contributed by atoms with E-state index >= 15 is 0 Å². The molecule has 6 heteroatoms. The van der Waals surface area contributed by atoms with Crippen LogP contribution in [0.1, 0.15) is 31.7 Å². The number of hydrogen-bond acceptors (Lipinski definition) is 3. The fraction of sp³-hybridized carbons (Fsp3) is 0.579. The van der Waals surface area contributed by atoms with Crippen LogP contribution >= 0.6 is 0 Å². The lowest BCUT2D eigenvalue weighted by atomic mass is 10.00. The minimum atomic E-state index is -0.0257. The van der Waals surface area contributed by atoms with Crippen LogP contribution in [0.3, 0.4) is 0 Å². The van der Waals surface area contributed by atoms with E-state index in [-0.39, 0.29) is 11.9 Å². The lowest BCUT2D eigenvalue weighted by molar-refractivity contribution is -0.128. The van der Waals surface area contributed by atoms with Crippen LogP contribution in [-0.2, 0) is 11.3 Å². The van der Waals surface area contributed by atoms with Gasteiger partial charge < -0.3 is 15.1 Å². The number of urea groups is 1. The Morgan fingerprint density at radius 3 is 2.88 bits per heavy atom. The molecule has 1 aromatic carbocycles. The molecule has 1 atom stereocenters. The largest absolute Gasteiger partial charge is 0.342 e. The van der Waals surface area contributed by atoms with Crippen LogP contribution in [0.25, 0.3) is 0 Å². The summed E-state index contributed by atoms with van der Waals surface area (Å²) in [5, 5.41) is 3.02. The van der Waals surface area contributed by atoms with Gasteiger partial charge >= 0.3 is 6.03 Å². The fourth-order valence-corrected chi connectivity index (χ4v) is 3.68. The van der Waals surface area contributed by atoms with Crippen molar-refractivity contribution < 1.29 is 9.59 Å². The van der Waals surface area contributed by atoms with Crippen LogP contribution in [-0.4, -0.2) is 65.9 Å². The molecule has 3 amide bonds. The fourth-order valence-electron chi connectivity index (χ4n) is 3.68. The van der Waals surface area contributed by atoms with Crippen molar-refractivity contribution >= 4 is 17.6 Å². The number of nitrogens with zero attached hydrogens (tertiary/aromatic N) is 3. The highest BCUT2D eigenvalue weighted by Gasteiger charge is 2.30. The number of hydrogen-bond donors (Lipinski definition) is 1. The van der Waals surface area contributed by atoms with E-state index in [2.05, 4.69) is 10.2 Å². The highest BCUT2D eigenvalue weighted by atomic mass is 16.2. The third-order valence-electron chi connectivity index (χ3n) is 5.26. The molecule has 2 saturated heterocycles. The maximum Gasteiger partial charge on any atom is 0.321 e. The average molecular weight is 344 g/mol. The van der Waals surface area contributed by atoms with Crippen LogP contribution in [0, 0.1) is 0 Å². The molecule has 136 valence electrons. The molecule has 1 N–H and O–H groups in total. The number of fused-ring (bicyclic) bond motifs is 1. The number of piperidine rings is 1. The van der Waals surface area contributed by atoms with Gasteiger partial charge in [-0.1, -0.05) is 18.6 Å². The molecule has 0 unspecified atom stereocenters. The zero-order valence-electron chi connectivity index (χ0n) is 15.2. The van der Waals surface area contributed by atoms with E-state index in [4.69, 9.17) is 0 Å². The molecule has 2 heterocycles. The molecule has 0 bridgehead atoms. The summed E-state index contributed by atoms with van der Waals surface area (Å²) >= 11 is 0. The maximum absolute atomic E-state index is 12.6. The summed E-state index contributed by atoms with van der Waals surface area (Å²) in [5.74, 6) is 0.0276. The van der Waals surface area contributed by atoms with Crippen molar-refractivity contribution in [1.29, 1.82) is 0 Å². The van der Waals surface area contributed by atoms with Crippen molar-refractivity contribution in [2.75, 3.05) is 38.5 Å². The van der Waals surface area contributed by atoms with Crippen LogP contribution in [0.15, 0.2) is 24.3 Å². The maximum atomic E-state index is 12.6. The third-order valence-corrected chi connectivity index (χ3v) is 5.26. The predicted octanol–water partition coefficient (Wildman–Crippen LogP) is 2.37. The molecule has 0 radical (unpaired) electrons. The molecule has 6 nitrogen and oxygen atoms in total. The zero-order valence-corrected chi connectivity index (χ0v) is 15.2. The van der Waals surface area contributed by atoms with E-state index in [1.165, 1.54) is 25.8 Å². The van der Waals surface area contributed by atoms with Gasteiger partial charge in [0.05, 0.1) is 0 Å². The summed E-state index contributed by atoms with van der Waals surface area (Å²) in [6.45, 7) is 5.84. The summed E-state index contributed by atoms with van der Waals surface area (Å²) in [7, 11) is 1.78. The molecular weight excluding hydrogens is 316 g/mol. The second-order valence-corrected chi connectivity index (χ2v) is 7.14. The Morgan fingerprint density at radius 1 is 1.24 bits per heavy atom. The Kier molecular flexibility index (Phi) is 5.58. The van der Waals surface area contributed by atoms with Gasteiger partial charge in [0, 0.05) is 51.9 Å². The smallest absolute Gasteiger partial charge is 0.321 e. The van der Waals surface area contributed by atoms with Crippen LogP contribution in [0.2, 0.25) is 0 Å². The van der Waals surface area contributed by atoms with E-state index in [0.29, 0.717) is 12.6 Å². The van der Waals surface area contributed by atoms with Gasteiger partial charge in [-0.15, -0.1) is 0 Å². The van der Waals surface area contributed by atoms with Gasteiger partial charge in [0.15, 0.2) is 0 Å². The number of anilines is 1. The highest BCUT2D eigenvalue weighted by molar-refractivity contribution is 5.89. The van der Waals surface area contributed by atoms with Gasteiger partial charge in [-0.3, -0.25) is 9.69 Å². The first kappa shape index (κ1) is 17.7. The summed E-state index contributed by atoms with van der Waals surface area (Å²) in [5.41, 5.74) is 1.79. The molecule has 0 spiro atoms.